The van der Waals surface area contributed by atoms with E-state index in [2.05, 4.69) is 21.7 Å². The normalized spacial score (nSPS) is 9.76. The fraction of sp³-hybridized carbons (Fsp3) is 0.455. The molecular formula is C11H16N4O2. The van der Waals surface area contributed by atoms with Crippen molar-refractivity contribution in [1.82, 2.24) is 4.98 Å². The highest BCUT2D eigenvalue weighted by Gasteiger charge is 2.10. The van der Waals surface area contributed by atoms with E-state index in [9.17, 15) is 0 Å². The number of rotatable bonds is 6. The summed E-state index contributed by atoms with van der Waals surface area (Å²) in [4.78, 5) is 4.20. The number of nitrogens with zero attached hydrogens (tertiary/aromatic N) is 2. The maximum absolute atomic E-state index is 9.09. The zero-order valence-electron chi connectivity index (χ0n) is 9.69. The summed E-state index contributed by atoms with van der Waals surface area (Å²) in [5.41, 5.74) is 1.77. The molecule has 0 radical (unpaired) electrons. The van der Waals surface area contributed by atoms with E-state index in [-0.39, 0.29) is 13.2 Å². The van der Waals surface area contributed by atoms with Crippen molar-refractivity contribution in [3.05, 3.63) is 17.3 Å². The number of aromatic nitrogens is 1. The molecule has 17 heavy (non-hydrogen) atoms. The number of pyridine rings is 1. The van der Waals surface area contributed by atoms with Crippen LogP contribution in [0.5, 0.6) is 0 Å². The summed E-state index contributed by atoms with van der Waals surface area (Å²) in [6, 6.07) is 3.81. The first kappa shape index (κ1) is 13.2. The predicted octanol–water partition coefficient (Wildman–Crippen LogP) is 0.0701. The minimum atomic E-state index is -0.0279. The second-order valence-electron chi connectivity index (χ2n) is 3.45. The fourth-order valence-electron chi connectivity index (χ4n) is 1.42. The second kappa shape index (κ2) is 6.68. The summed E-state index contributed by atoms with van der Waals surface area (Å²) >= 11 is 0. The van der Waals surface area contributed by atoms with Crippen LogP contribution >= 0.6 is 0 Å². The molecule has 0 aliphatic heterocycles. The van der Waals surface area contributed by atoms with Gasteiger partial charge in [-0.25, -0.2) is 4.98 Å². The molecule has 1 rings (SSSR count). The molecule has 0 bridgehead atoms. The monoisotopic (exact) mass is 236 g/mol. The van der Waals surface area contributed by atoms with Gasteiger partial charge in [-0.1, -0.05) is 0 Å². The smallest absolute Gasteiger partial charge is 0.146 e. The Morgan fingerprint density at radius 2 is 1.94 bits per heavy atom. The lowest BCUT2D eigenvalue weighted by molar-refractivity contribution is 0.311. The lowest BCUT2D eigenvalue weighted by Crippen LogP contribution is -2.12. The van der Waals surface area contributed by atoms with E-state index in [0.717, 1.165) is 5.69 Å². The maximum atomic E-state index is 9.09. The van der Waals surface area contributed by atoms with Crippen molar-refractivity contribution < 1.29 is 10.2 Å². The summed E-state index contributed by atoms with van der Waals surface area (Å²) in [5, 5.41) is 32.4. The number of nitrogens with one attached hydrogen (secondary N) is 2. The summed E-state index contributed by atoms with van der Waals surface area (Å²) in [5.74, 6) is 0.446. The number of anilines is 2. The van der Waals surface area contributed by atoms with Crippen molar-refractivity contribution >= 4 is 11.5 Å². The topological polar surface area (TPSA) is 101 Å². The van der Waals surface area contributed by atoms with Crippen LogP contribution in [0.25, 0.3) is 0 Å². The number of hydrogen-bond acceptors (Lipinski definition) is 6. The SMILES string of the molecule is Cc1cc(NCCO)c(C#N)c(NCCO)n1. The molecule has 0 unspecified atom stereocenters. The quantitative estimate of drug-likeness (QED) is 0.557. The number of hydrogen-bond donors (Lipinski definition) is 4. The van der Waals surface area contributed by atoms with Crippen LogP contribution in [-0.2, 0) is 0 Å². The van der Waals surface area contributed by atoms with E-state index in [1.807, 2.05) is 6.92 Å². The lowest BCUT2D eigenvalue weighted by Gasteiger charge is -2.12. The van der Waals surface area contributed by atoms with E-state index >= 15 is 0 Å². The number of aliphatic hydroxyl groups is 2. The van der Waals surface area contributed by atoms with Crippen molar-refractivity contribution in [2.75, 3.05) is 36.9 Å². The summed E-state index contributed by atoms with van der Waals surface area (Å²) in [6.45, 7) is 2.49. The molecule has 0 spiro atoms. The average molecular weight is 236 g/mol. The van der Waals surface area contributed by atoms with Gasteiger partial charge >= 0.3 is 0 Å². The van der Waals surface area contributed by atoms with Gasteiger partial charge in [0.25, 0.3) is 0 Å². The minimum Gasteiger partial charge on any atom is -0.395 e. The molecule has 6 nitrogen and oxygen atoms in total. The van der Waals surface area contributed by atoms with E-state index in [0.29, 0.717) is 30.2 Å². The molecule has 0 amide bonds. The number of aryl methyl sites for hydroxylation is 1. The molecule has 1 aromatic rings. The molecule has 0 atom stereocenters. The standard InChI is InChI=1S/C11H16N4O2/c1-8-6-10(13-2-4-16)9(7-12)11(15-8)14-3-5-17/h6,16-17H,2-5H2,1H3,(H2,13,14,15). The molecule has 4 N–H and O–H groups in total. The Balaban J connectivity index is 3.03. The van der Waals surface area contributed by atoms with Gasteiger partial charge in [-0.15, -0.1) is 0 Å². The Kier molecular flexibility index (Phi) is 5.20. The molecule has 1 heterocycles. The van der Waals surface area contributed by atoms with Crippen LogP contribution in [0.15, 0.2) is 6.07 Å². The van der Waals surface area contributed by atoms with Crippen LogP contribution in [0.4, 0.5) is 11.5 Å². The Morgan fingerprint density at radius 3 is 2.53 bits per heavy atom. The van der Waals surface area contributed by atoms with Gasteiger partial charge in [0, 0.05) is 18.8 Å². The first-order valence-electron chi connectivity index (χ1n) is 5.34. The average Bonchev–Trinajstić information content (AvgIpc) is 2.33. The van der Waals surface area contributed by atoms with Gasteiger partial charge in [0.2, 0.25) is 0 Å². The van der Waals surface area contributed by atoms with Crippen molar-refractivity contribution in [1.29, 1.82) is 5.26 Å². The highest BCUT2D eigenvalue weighted by Crippen LogP contribution is 2.22. The fourth-order valence-corrected chi connectivity index (χ4v) is 1.42. The van der Waals surface area contributed by atoms with Crippen LogP contribution in [-0.4, -0.2) is 41.5 Å². The second-order valence-corrected chi connectivity index (χ2v) is 3.45. The van der Waals surface area contributed by atoms with Gasteiger partial charge < -0.3 is 20.8 Å². The Labute approximate surface area is 99.9 Å². The Morgan fingerprint density at radius 1 is 1.29 bits per heavy atom. The Bertz CT molecular complexity index is 385. The van der Waals surface area contributed by atoms with Gasteiger partial charge in [0.05, 0.1) is 18.9 Å². The number of aliphatic hydroxyl groups excluding tert-OH is 2. The highest BCUT2D eigenvalue weighted by molar-refractivity contribution is 5.68. The summed E-state index contributed by atoms with van der Waals surface area (Å²) in [7, 11) is 0. The number of nitriles is 1. The van der Waals surface area contributed by atoms with Crippen LogP contribution in [0.2, 0.25) is 0 Å². The first-order valence-corrected chi connectivity index (χ1v) is 5.34. The molecule has 0 aliphatic carbocycles. The van der Waals surface area contributed by atoms with Crippen molar-refractivity contribution in [2.45, 2.75) is 6.92 Å². The lowest BCUT2D eigenvalue weighted by atomic mass is 10.2. The van der Waals surface area contributed by atoms with Gasteiger partial charge in [0.1, 0.15) is 17.5 Å². The molecule has 1 aromatic heterocycles. The highest BCUT2D eigenvalue weighted by atomic mass is 16.3. The van der Waals surface area contributed by atoms with Gasteiger partial charge in [0.15, 0.2) is 0 Å². The molecule has 0 saturated carbocycles. The molecule has 6 heteroatoms. The molecule has 0 saturated heterocycles. The third kappa shape index (κ3) is 3.59. The zero-order chi connectivity index (χ0) is 12.7. The van der Waals surface area contributed by atoms with E-state index in [1.165, 1.54) is 0 Å². The largest absolute Gasteiger partial charge is 0.395 e. The molecular weight excluding hydrogens is 220 g/mol. The molecule has 0 fully saturated rings. The van der Waals surface area contributed by atoms with Crippen molar-refractivity contribution in [3.8, 4) is 6.07 Å². The zero-order valence-corrected chi connectivity index (χ0v) is 9.69. The maximum Gasteiger partial charge on any atom is 0.146 e. The first-order chi connectivity index (χ1) is 8.22. The van der Waals surface area contributed by atoms with Crippen LogP contribution in [0, 0.1) is 18.3 Å². The van der Waals surface area contributed by atoms with Gasteiger partial charge in [-0.2, -0.15) is 5.26 Å². The molecule has 92 valence electrons. The van der Waals surface area contributed by atoms with Crippen LogP contribution in [0.3, 0.4) is 0 Å². The van der Waals surface area contributed by atoms with Crippen molar-refractivity contribution in [2.24, 2.45) is 0 Å². The van der Waals surface area contributed by atoms with Gasteiger partial charge in [-0.05, 0) is 13.0 Å². The third-order valence-corrected chi connectivity index (χ3v) is 2.09. The van der Waals surface area contributed by atoms with Gasteiger partial charge in [-0.3, -0.25) is 0 Å². The predicted molar refractivity (Wildman–Crippen MR) is 64.8 cm³/mol. The van der Waals surface area contributed by atoms with E-state index in [4.69, 9.17) is 15.5 Å². The summed E-state index contributed by atoms with van der Waals surface area (Å²) in [6.07, 6.45) is 0. The van der Waals surface area contributed by atoms with E-state index < -0.39 is 0 Å². The minimum absolute atomic E-state index is 0.00829. The summed E-state index contributed by atoms with van der Waals surface area (Å²) < 4.78 is 0. The third-order valence-electron chi connectivity index (χ3n) is 2.09. The van der Waals surface area contributed by atoms with Crippen LogP contribution < -0.4 is 10.6 Å². The van der Waals surface area contributed by atoms with Crippen molar-refractivity contribution in [3.63, 3.8) is 0 Å². The Hall–Kier alpha value is -1.84. The van der Waals surface area contributed by atoms with Crippen LogP contribution in [0.1, 0.15) is 11.3 Å². The van der Waals surface area contributed by atoms with E-state index in [1.54, 1.807) is 6.07 Å². The molecule has 0 aliphatic rings. The molecule has 0 aromatic carbocycles.